The highest BCUT2D eigenvalue weighted by Gasteiger charge is 2.06. The number of aryl methyl sites for hydroxylation is 4. The summed E-state index contributed by atoms with van der Waals surface area (Å²) in [5, 5.41) is 1.17. The zero-order valence-corrected chi connectivity index (χ0v) is 12.2. The summed E-state index contributed by atoms with van der Waals surface area (Å²) >= 11 is 3.64. The molecule has 18 heavy (non-hydrogen) atoms. The molecule has 0 fully saturated rings. The molecule has 0 aliphatic carbocycles. The van der Waals surface area contributed by atoms with E-state index in [4.69, 9.17) is 0 Å². The molecule has 0 saturated carbocycles. The molecule has 1 nitrogen and oxygen atoms in total. The number of aromatic nitrogens is 1. The zero-order chi connectivity index (χ0) is 12.5. The normalized spacial score (nSPS) is 11.2. The number of nitrogens with zero attached hydrogens (tertiary/aromatic N) is 1. The fraction of sp³-hybridized carbons (Fsp3) is 0.267. The van der Waals surface area contributed by atoms with Crippen molar-refractivity contribution >= 4 is 32.2 Å². The van der Waals surface area contributed by atoms with E-state index in [0.29, 0.717) is 0 Å². The molecule has 0 N–H and O–H groups in total. The van der Waals surface area contributed by atoms with Crippen LogP contribution in [-0.4, -0.2) is 4.98 Å². The van der Waals surface area contributed by atoms with Crippen molar-refractivity contribution in [2.24, 2.45) is 0 Å². The minimum atomic E-state index is 1.12. The van der Waals surface area contributed by atoms with Crippen LogP contribution in [0.4, 0.5) is 0 Å². The number of fused-ring (bicyclic) bond motifs is 1. The van der Waals surface area contributed by atoms with Crippen molar-refractivity contribution in [3.05, 3.63) is 51.3 Å². The largest absolute Gasteiger partial charge is 0.231 e. The minimum absolute atomic E-state index is 1.12. The monoisotopic (exact) mass is 273 g/mol. The van der Waals surface area contributed by atoms with Gasteiger partial charge in [0.1, 0.15) is 4.83 Å². The van der Waals surface area contributed by atoms with Crippen LogP contribution in [-0.2, 0) is 12.8 Å². The van der Waals surface area contributed by atoms with E-state index in [9.17, 15) is 0 Å². The number of hydrogen-bond acceptors (Lipinski definition) is 3. The van der Waals surface area contributed by atoms with Crippen LogP contribution in [0.25, 0.3) is 9.53 Å². The van der Waals surface area contributed by atoms with Crippen LogP contribution in [0.5, 0.6) is 0 Å². The summed E-state index contributed by atoms with van der Waals surface area (Å²) in [6.45, 7) is 4.20. The van der Waals surface area contributed by atoms with Crippen molar-refractivity contribution in [1.29, 1.82) is 0 Å². The van der Waals surface area contributed by atoms with Crippen LogP contribution < -0.4 is 0 Å². The van der Waals surface area contributed by atoms with Gasteiger partial charge in [-0.2, -0.15) is 0 Å². The van der Waals surface area contributed by atoms with E-state index >= 15 is 0 Å². The van der Waals surface area contributed by atoms with Gasteiger partial charge >= 0.3 is 0 Å². The van der Waals surface area contributed by atoms with Gasteiger partial charge in [0.05, 0.1) is 9.71 Å². The molecule has 0 atom stereocenters. The molecule has 3 rings (SSSR count). The van der Waals surface area contributed by atoms with Gasteiger partial charge in [-0.25, -0.2) is 4.98 Å². The van der Waals surface area contributed by atoms with Gasteiger partial charge in [-0.1, -0.05) is 29.8 Å². The quantitative estimate of drug-likeness (QED) is 0.670. The first kappa shape index (κ1) is 11.9. The van der Waals surface area contributed by atoms with Gasteiger partial charge < -0.3 is 0 Å². The summed E-state index contributed by atoms with van der Waals surface area (Å²) in [7, 11) is 0. The Morgan fingerprint density at radius 2 is 1.78 bits per heavy atom. The van der Waals surface area contributed by atoms with Crippen LogP contribution >= 0.6 is 22.7 Å². The number of thiazole rings is 1. The van der Waals surface area contributed by atoms with Crippen LogP contribution in [0.2, 0.25) is 0 Å². The molecule has 2 heterocycles. The number of hydrogen-bond donors (Lipinski definition) is 0. The van der Waals surface area contributed by atoms with Crippen LogP contribution in [0, 0.1) is 13.8 Å². The summed E-state index contributed by atoms with van der Waals surface area (Å²) < 4.78 is 1.34. The maximum Gasteiger partial charge on any atom is 0.134 e. The van der Waals surface area contributed by atoms with E-state index in [0.717, 1.165) is 12.8 Å². The van der Waals surface area contributed by atoms with E-state index < -0.39 is 0 Å². The molecule has 0 amide bonds. The Morgan fingerprint density at radius 1 is 1.00 bits per heavy atom. The molecule has 0 aliphatic rings. The fourth-order valence-corrected chi connectivity index (χ4v) is 4.18. The highest BCUT2D eigenvalue weighted by molar-refractivity contribution is 7.27. The van der Waals surface area contributed by atoms with E-state index in [1.165, 1.54) is 30.5 Å². The topological polar surface area (TPSA) is 12.9 Å². The zero-order valence-electron chi connectivity index (χ0n) is 10.6. The van der Waals surface area contributed by atoms with Crippen molar-refractivity contribution in [3.8, 4) is 0 Å². The predicted molar refractivity (Wildman–Crippen MR) is 80.8 cm³/mol. The first-order valence-corrected chi connectivity index (χ1v) is 7.75. The third-order valence-electron chi connectivity index (χ3n) is 3.03. The number of thiophene rings is 1. The van der Waals surface area contributed by atoms with E-state index in [-0.39, 0.29) is 0 Å². The van der Waals surface area contributed by atoms with Gasteiger partial charge in [0.2, 0.25) is 0 Å². The molecule has 3 aromatic rings. The molecular formula is C15H15NS2. The van der Waals surface area contributed by atoms with E-state index in [1.54, 1.807) is 11.3 Å². The second kappa shape index (κ2) is 4.82. The van der Waals surface area contributed by atoms with Crippen molar-refractivity contribution in [1.82, 2.24) is 4.98 Å². The van der Waals surface area contributed by atoms with Gasteiger partial charge in [0, 0.05) is 4.88 Å². The average molecular weight is 273 g/mol. The predicted octanol–water partition coefficient (Wildman–Crippen LogP) is 4.76. The Hall–Kier alpha value is -1.19. The summed E-state index contributed by atoms with van der Waals surface area (Å²) in [4.78, 5) is 7.19. The molecule has 0 aliphatic heterocycles. The smallest absolute Gasteiger partial charge is 0.134 e. The fourth-order valence-electron chi connectivity index (χ4n) is 2.03. The summed E-state index contributed by atoms with van der Waals surface area (Å²) in [6, 6.07) is 11.1. The first-order chi connectivity index (χ1) is 8.70. The lowest BCUT2D eigenvalue weighted by Gasteiger charge is -2.00. The molecule has 2 aromatic heterocycles. The maximum atomic E-state index is 4.54. The van der Waals surface area contributed by atoms with Gasteiger partial charge in [-0.3, -0.25) is 0 Å². The van der Waals surface area contributed by atoms with E-state index in [2.05, 4.69) is 49.2 Å². The SMILES string of the molecule is Cc1ccc(CCc2cc3sc(C)nc3s2)cc1. The second-order valence-electron chi connectivity index (χ2n) is 4.60. The summed E-state index contributed by atoms with van der Waals surface area (Å²) in [5.74, 6) is 0. The maximum absolute atomic E-state index is 4.54. The molecule has 3 heteroatoms. The molecule has 0 bridgehead atoms. The molecule has 0 spiro atoms. The molecular weight excluding hydrogens is 258 g/mol. The average Bonchev–Trinajstić information content (AvgIpc) is 2.85. The lowest BCUT2D eigenvalue weighted by Crippen LogP contribution is -1.88. The van der Waals surface area contributed by atoms with Gasteiger partial charge in [-0.05, 0) is 38.3 Å². The van der Waals surface area contributed by atoms with Gasteiger partial charge in [0.15, 0.2) is 0 Å². The summed E-state index contributed by atoms with van der Waals surface area (Å²) in [6.07, 6.45) is 2.24. The third-order valence-corrected chi connectivity index (χ3v) is 5.16. The lowest BCUT2D eigenvalue weighted by molar-refractivity contribution is 0.981. The molecule has 0 radical (unpaired) electrons. The van der Waals surface area contributed by atoms with Crippen LogP contribution in [0.1, 0.15) is 21.0 Å². The van der Waals surface area contributed by atoms with E-state index in [1.807, 2.05) is 11.3 Å². The number of benzene rings is 1. The highest BCUT2D eigenvalue weighted by atomic mass is 32.1. The Morgan fingerprint density at radius 3 is 2.50 bits per heavy atom. The van der Waals surface area contributed by atoms with Crippen molar-refractivity contribution in [2.45, 2.75) is 26.7 Å². The van der Waals surface area contributed by atoms with Crippen molar-refractivity contribution in [2.75, 3.05) is 0 Å². The standard InChI is InChI=1S/C15H15NS2/c1-10-3-5-12(6-4-10)7-8-13-9-14-15(18-13)16-11(2)17-14/h3-6,9H,7-8H2,1-2H3. The van der Waals surface area contributed by atoms with Crippen molar-refractivity contribution in [3.63, 3.8) is 0 Å². The molecule has 0 saturated heterocycles. The van der Waals surface area contributed by atoms with Gasteiger partial charge in [-0.15, -0.1) is 22.7 Å². The van der Waals surface area contributed by atoms with Crippen molar-refractivity contribution < 1.29 is 0 Å². The highest BCUT2D eigenvalue weighted by Crippen LogP contribution is 2.30. The Bertz CT molecular complexity index is 630. The van der Waals surface area contributed by atoms with Gasteiger partial charge in [0.25, 0.3) is 0 Å². The first-order valence-electron chi connectivity index (χ1n) is 6.12. The third kappa shape index (κ3) is 2.47. The minimum Gasteiger partial charge on any atom is -0.231 e. The Labute approximate surface area is 115 Å². The van der Waals surface area contributed by atoms with Crippen LogP contribution in [0.3, 0.4) is 0 Å². The Kier molecular flexibility index (Phi) is 3.18. The number of rotatable bonds is 3. The second-order valence-corrected chi connectivity index (χ2v) is 6.95. The molecule has 92 valence electrons. The summed E-state index contributed by atoms with van der Waals surface area (Å²) in [5.41, 5.74) is 2.75. The Balaban J connectivity index is 1.72. The van der Waals surface area contributed by atoms with Crippen LogP contribution in [0.15, 0.2) is 30.3 Å². The lowest BCUT2D eigenvalue weighted by atomic mass is 10.1. The molecule has 0 unspecified atom stereocenters. The molecule has 1 aromatic carbocycles.